The van der Waals surface area contributed by atoms with Crippen LogP contribution in [-0.4, -0.2) is 20.7 Å². The molecular formula is C23H19N5O. The molecule has 4 aromatic rings. The van der Waals surface area contributed by atoms with Gasteiger partial charge in [-0.2, -0.15) is 5.10 Å². The van der Waals surface area contributed by atoms with Crippen molar-refractivity contribution in [3.63, 3.8) is 0 Å². The molecule has 1 aliphatic rings. The Balaban J connectivity index is 1.35. The van der Waals surface area contributed by atoms with Crippen molar-refractivity contribution in [3.8, 4) is 5.69 Å². The molecule has 0 bridgehead atoms. The molecule has 1 N–H and O–H groups in total. The first-order valence-electron chi connectivity index (χ1n) is 9.44. The van der Waals surface area contributed by atoms with Crippen molar-refractivity contribution < 1.29 is 4.79 Å². The highest BCUT2D eigenvalue weighted by Crippen LogP contribution is 2.28. The number of pyridine rings is 1. The van der Waals surface area contributed by atoms with Crippen LogP contribution in [0.4, 0.5) is 11.4 Å². The Morgan fingerprint density at radius 2 is 1.66 bits per heavy atom. The molecule has 0 atom stereocenters. The number of hydrogen-bond acceptors (Lipinski definition) is 4. The number of aromatic nitrogens is 3. The van der Waals surface area contributed by atoms with Gasteiger partial charge < -0.3 is 10.2 Å². The molecular weight excluding hydrogens is 362 g/mol. The van der Waals surface area contributed by atoms with Gasteiger partial charge >= 0.3 is 0 Å². The average Bonchev–Trinajstić information content (AvgIpc) is 3.42. The Morgan fingerprint density at radius 3 is 2.41 bits per heavy atom. The normalized spacial score (nSPS) is 12.6. The van der Waals surface area contributed by atoms with Gasteiger partial charge in [-0.3, -0.25) is 9.78 Å². The summed E-state index contributed by atoms with van der Waals surface area (Å²) in [7, 11) is 0. The quantitative estimate of drug-likeness (QED) is 0.580. The number of fused-ring (bicyclic) bond motifs is 1. The highest BCUT2D eigenvalue weighted by Gasteiger charge is 2.20. The Kier molecular flexibility index (Phi) is 4.29. The summed E-state index contributed by atoms with van der Waals surface area (Å²) < 4.78 is 1.81. The van der Waals surface area contributed by atoms with Crippen molar-refractivity contribution in [2.24, 2.45) is 0 Å². The van der Waals surface area contributed by atoms with Crippen LogP contribution in [0.15, 0.2) is 85.5 Å². The summed E-state index contributed by atoms with van der Waals surface area (Å²) in [4.78, 5) is 18.8. The second-order valence-electron chi connectivity index (χ2n) is 7.01. The van der Waals surface area contributed by atoms with Gasteiger partial charge in [-0.15, -0.1) is 0 Å². The number of benzene rings is 2. The molecule has 0 spiro atoms. The van der Waals surface area contributed by atoms with E-state index >= 15 is 0 Å². The van der Waals surface area contributed by atoms with Crippen LogP contribution < -0.4 is 10.2 Å². The number of amides is 1. The van der Waals surface area contributed by atoms with Crippen LogP contribution in [0.25, 0.3) is 5.69 Å². The third kappa shape index (κ3) is 3.48. The van der Waals surface area contributed by atoms with Crippen molar-refractivity contribution in [2.45, 2.75) is 13.1 Å². The van der Waals surface area contributed by atoms with Gasteiger partial charge in [0.1, 0.15) is 0 Å². The van der Waals surface area contributed by atoms with Crippen molar-refractivity contribution in [3.05, 3.63) is 102 Å². The molecule has 29 heavy (non-hydrogen) atoms. The van der Waals surface area contributed by atoms with Crippen molar-refractivity contribution in [2.75, 3.05) is 10.2 Å². The van der Waals surface area contributed by atoms with E-state index < -0.39 is 0 Å². The third-order valence-corrected chi connectivity index (χ3v) is 5.09. The van der Waals surface area contributed by atoms with Gasteiger partial charge in [0, 0.05) is 36.7 Å². The molecule has 0 saturated carbocycles. The lowest BCUT2D eigenvalue weighted by Crippen LogP contribution is -2.13. The number of rotatable bonds is 4. The maximum absolute atomic E-state index is 12.6. The Hall–Kier alpha value is -3.93. The summed E-state index contributed by atoms with van der Waals surface area (Å²) in [5.74, 6) is -0.166. The first-order valence-corrected chi connectivity index (χ1v) is 9.44. The largest absolute Gasteiger partial charge is 0.360 e. The van der Waals surface area contributed by atoms with Crippen LogP contribution in [0, 0.1) is 0 Å². The average molecular weight is 381 g/mol. The molecule has 3 heterocycles. The minimum Gasteiger partial charge on any atom is -0.360 e. The summed E-state index contributed by atoms with van der Waals surface area (Å²) in [6.07, 6.45) is 7.17. The maximum Gasteiger partial charge on any atom is 0.255 e. The highest BCUT2D eigenvalue weighted by atomic mass is 16.1. The number of nitrogens with zero attached hydrogens (tertiary/aromatic N) is 4. The monoisotopic (exact) mass is 381 g/mol. The molecule has 0 saturated heterocycles. The van der Waals surface area contributed by atoms with Crippen LogP contribution in [0.5, 0.6) is 0 Å². The summed E-state index contributed by atoms with van der Waals surface area (Å²) in [5, 5.41) is 7.39. The predicted molar refractivity (Wildman–Crippen MR) is 112 cm³/mol. The number of anilines is 2. The third-order valence-electron chi connectivity index (χ3n) is 5.09. The van der Waals surface area contributed by atoms with Crippen LogP contribution in [0.3, 0.4) is 0 Å². The van der Waals surface area contributed by atoms with E-state index in [1.54, 1.807) is 30.6 Å². The second-order valence-corrected chi connectivity index (χ2v) is 7.01. The van der Waals surface area contributed by atoms with E-state index in [9.17, 15) is 4.79 Å². The molecule has 2 aromatic carbocycles. The number of carbonyl (C=O) groups excluding carboxylic acids is 1. The SMILES string of the molecule is O=C(Nc1ccncc1)c1cccc(-n2cc(N3Cc4ccccc4C3)cn2)c1. The fraction of sp³-hybridized carbons (Fsp3) is 0.0870. The second kappa shape index (κ2) is 7.24. The predicted octanol–water partition coefficient (Wildman–Crippen LogP) is 4.04. The van der Waals surface area contributed by atoms with Gasteiger partial charge in [0.15, 0.2) is 0 Å². The number of carbonyl (C=O) groups is 1. The van der Waals surface area contributed by atoms with Crippen LogP contribution in [0.1, 0.15) is 21.5 Å². The summed E-state index contributed by atoms with van der Waals surface area (Å²) in [5.41, 5.74) is 5.91. The van der Waals surface area contributed by atoms with Crippen molar-refractivity contribution in [1.29, 1.82) is 0 Å². The molecule has 6 heteroatoms. The summed E-state index contributed by atoms with van der Waals surface area (Å²) >= 11 is 0. The maximum atomic E-state index is 12.6. The molecule has 0 fully saturated rings. The molecule has 1 aliphatic heterocycles. The zero-order valence-electron chi connectivity index (χ0n) is 15.7. The number of nitrogens with one attached hydrogen (secondary N) is 1. The van der Waals surface area contributed by atoms with Crippen LogP contribution in [0.2, 0.25) is 0 Å². The Morgan fingerprint density at radius 1 is 0.897 bits per heavy atom. The summed E-state index contributed by atoms with van der Waals surface area (Å²) in [6, 6.07) is 19.5. The van der Waals surface area contributed by atoms with Gasteiger partial charge in [-0.05, 0) is 41.5 Å². The zero-order chi connectivity index (χ0) is 19.6. The molecule has 6 nitrogen and oxygen atoms in total. The van der Waals surface area contributed by atoms with E-state index in [4.69, 9.17) is 0 Å². The van der Waals surface area contributed by atoms with Crippen molar-refractivity contribution in [1.82, 2.24) is 14.8 Å². The summed E-state index contributed by atoms with van der Waals surface area (Å²) in [6.45, 7) is 1.77. The fourth-order valence-corrected chi connectivity index (χ4v) is 3.56. The van der Waals surface area contributed by atoms with E-state index in [0.717, 1.165) is 24.5 Å². The van der Waals surface area contributed by atoms with Crippen LogP contribution in [-0.2, 0) is 13.1 Å². The highest BCUT2D eigenvalue weighted by molar-refractivity contribution is 6.04. The molecule has 0 unspecified atom stereocenters. The lowest BCUT2D eigenvalue weighted by Gasteiger charge is -2.14. The molecule has 2 aromatic heterocycles. The van der Waals surface area contributed by atoms with Gasteiger partial charge in [-0.1, -0.05) is 30.3 Å². The van der Waals surface area contributed by atoms with Gasteiger partial charge in [0.2, 0.25) is 0 Å². The van der Waals surface area contributed by atoms with E-state index in [0.29, 0.717) is 11.3 Å². The van der Waals surface area contributed by atoms with E-state index in [2.05, 4.69) is 44.6 Å². The topological polar surface area (TPSA) is 63.1 Å². The molecule has 5 rings (SSSR count). The minimum absolute atomic E-state index is 0.166. The number of hydrogen-bond donors (Lipinski definition) is 1. The standard InChI is InChI=1S/C23H19N5O/c29-23(26-20-8-10-24-11-9-20)17-6-3-7-21(12-17)28-16-22(13-25-28)27-14-18-4-1-2-5-19(18)15-27/h1-13,16H,14-15H2,(H,24,26,29). The molecule has 0 radical (unpaired) electrons. The van der Waals surface area contributed by atoms with Gasteiger partial charge in [-0.25, -0.2) is 4.68 Å². The lowest BCUT2D eigenvalue weighted by atomic mass is 10.1. The van der Waals surface area contributed by atoms with E-state index in [-0.39, 0.29) is 5.91 Å². The van der Waals surface area contributed by atoms with E-state index in [1.165, 1.54) is 11.1 Å². The smallest absolute Gasteiger partial charge is 0.255 e. The molecule has 0 aliphatic carbocycles. The fourth-order valence-electron chi connectivity index (χ4n) is 3.56. The van der Waals surface area contributed by atoms with Gasteiger partial charge in [0.25, 0.3) is 5.91 Å². The Labute approximate surface area is 168 Å². The van der Waals surface area contributed by atoms with Gasteiger partial charge in [0.05, 0.1) is 23.8 Å². The van der Waals surface area contributed by atoms with E-state index in [1.807, 2.05) is 35.3 Å². The first kappa shape index (κ1) is 17.2. The first-order chi connectivity index (χ1) is 14.3. The van der Waals surface area contributed by atoms with Crippen molar-refractivity contribution >= 4 is 17.3 Å². The van der Waals surface area contributed by atoms with Crippen LogP contribution >= 0.6 is 0 Å². The molecule has 142 valence electrons. The molecule has 1 amide bonds. The minimum atomic E-state index is -0.166. The zero-order valence-corrected chi connectivity index (χ0v) is 15.7. The Bertz CT molecular complexity index is 1140. The lowest BCUT2D eigenvalue weighted by molar-refractivity contribution is 0.102.